The number of benzene rings is 1. The van der Waals surface area contributed by atoms with Gasteiger partial charge in [-0.2, -0.15) is 8.42 Å². The van der Waals surface area contributed by atoms with E-state index in [1.807, 2.05) is 0 Å². The summed E-state index contributed by atoms with van der Waals surface area (Å²) in [4.78, 5) is 12.3. The molecular formula is C17H15ClN2O6S3. The minimum absolute atomic E-state index is 0.0219. The van der Waals surface area contributed by atoms with Crippen LogP contribution in [0.25, 0.3) is 10.2 Å². The first-order valence-electron chi connectivity index (χ1n) is 8.52. The molecule has 12 heteroatoms. The number of hydrogen-bond donors (Lipinski definition) is 0. The summed E-state index contributed by atoms with van der Waals surface area (Å²) in [6.07, 6.45) is 0. The number of hydrogen-bond acceptors (Lipinski definition) is 8. The molecule has 1 aliphatic heterocycles. The summed E-state index contributed by atoms with van der Waals surface area (Å²) in [5.41, 5.74) is 0.602. The Labute approximate surface area is 179 Å². The lowest BCUT2D eigenvalue weighted by atomic mass is 10.2. The van der Waals surface area contributed by atoms with Gasteiger partial charge in [0.1, 0.15) is 24.0 Å². The molecule has 8 nitrogen and oxygen atoms in total. The van der Waals surface area contributed by atoms with E-state index in [0.717, 1.165) is 22.7 Å². The van der Waals surface area contributed by atoms with E-state index in [0.29, 0.717) is 39.3 Å². The lowest BCUT2D eigenvalue weighted by Crippen LogP contribution is -2.23. The maximum atomic E-state index is 12.7. The molecule has 0 saturated heterocycles. The summed E-state index contributed by atoms with van der Waals surface area (Å²) >= 11 is 7.91. The number of halogens is 1. The van der Waals surface area contributed by atoms with E-state index >= 15 is 0 Å². The molecule has 1 aromatic carbocycles. The van der Waals surface area contributed by atoms with Gasteiger partial charge in [-0.05, 0) is 19.1 Å². The molecule has 0 fully saturated rings. The first kappa shape index (κ1) is 20.2. The number of nitrogens with zero attached hydrogens (tertiary/aromatic N) is 2. The minimum atomic E-state index is -4.00. The quantitative estimate of drug-likeness (QED) is 0.527. The second-order valence-electron chi connectivity index (χ2n) is 5.86. The van der Waals surface area contributed by atoms with E-state index in [9.17, 15) is 13.2 Å². The number of rotatable bonds is 5. The van der Waals surface area contributed by atoms with E-state index < -0.39 is 16.0 Å². The molecule has 0 amide bonds. The third-order valence-corrected chi connectivity index (χ3v) is 8.06. The highest BCUT2D eigenvalue weighted by Crippen LogP contribution is 2.36. The molecule has 3 heterocycles. The molecular weight excluding hydrogens is 460 g/mol. The lowest BCUT2D eigenvalue weighted by Gasteiger charge is -2.18. The SMILES string of the molecule is CCOC(=O)Cn1c(=NS(=O)(=O)c2ccc(Cl)s2)sc2cc3c(cc21)OCCO3. The van der Waals surface area contributed by atoms with E-state index in [1.54, 1.807) is 19.1 Å². The van der Waals surface area contributed by atoms with Crippen molar-refractivity contribution < 1.29 is 27.4 Å². The summed E-state index contributed by atoms with van der Waals surface area (Å²) in [7, 11) is -4.00. The molecule has 4 rings (SSSR count). The predicted molar refractivity (Wildman–Crippen MR) is 110 cm³/mol. The Kier molecular flexibility index (Phi) is 5.56. The molecule has 0 spiro atoms. The molecule has 0 aliphatic carbocycles. The van der Waals surface area contributed by atoms with Crippen molar-refractivity contribution in [2.75, 3.05) is 19.8 Å². The van der Waals surface area contributed by atoms with Gasteiger partial charge in [0, 0.05) is 12.1 Å². The average Bonchev–Trinajstić information content (AvgIpc) is 3.24. The van der Waals surface area contributed by atoms with Crippen molar-refractivity contribution in [2.24, 2.45) is 4.40 Å². The van der Waals surface area contributed by atoms with Crippen LogP contribution in [0.3, 0.4) is 0 Å². The van der Waals surface area contributed by atoms with Crippen LogP contribution in [0, 0.1) is 0 Å². The van der Waals surface area contributed by atoms with Gasteiger partial charge < -0.3 is 18.8 Å². The number of thiophene rings is 1. The van der Waals surface area contributed by atoms with Gasteiger partial charge in [0.2, 0.25) is 4.80 Å². The van der Waals surface area contributed by atoms with Crippen LogP contribution in [0.4, 0.5) is 0 Å². The van der Waals surface area contributed by atoms with Crippen LogP contribution in [-0.2, 0) is 26.1 Å². The van der Waals surface area contributed by atoms with Crippen molar-refractivity contribution in [3.05, 3.63) is 33.4 Å². The van der Waals surface area contributed by atoms with Gasteiger partial charge >= 0.3 is 5.97 Å². The number of aromatic nitrogens is 1. The van der Waals surface area contributed by atoms with Crippen LogP contribution in [0.5, 0.6) is 11.5 Å². The Morgan fingerprint density at radius 1 is 1.24 bits per heavy atom. The Morgan fingerprint density at radius 3 is 2.62 bits per heavy atom. The molecule has 2 aromatic heterocycles. The number of esters is 1. The standard InChI is InChI=1S/C17H15ClN2O6S3/c1-2-24-15(21)9-20-10-7-11-12(26-6-5-25-11)8-13(10)27-17(20)19-29(22,23)16-4-3-14(18)28-16/h3-4,7-8H,2,5-6,9H2,1H3. The first-order chi connectivity index (χ1) is 13.9. The van der Waals surface area contributed by atoms with Gasteiger partial charge in [-0.15, -0.1) is 15.7 Å². The number of carbonyl (C=O) groups is 1. The highest BCUT2D eigenvalue weighted by Gasteiger charge is 2.21. The molecule has 1 aliphatic rings. The molecule has 154 valence electrons. The van der Waals surface area contributed by atoms with Gasteiger partial charge in [0.05, 0.1) is 21.2 Å². The number of carbonyl (C=O) groups excluding carboxylic acids is 1. The van der Waals surface area contributed by atoms with Crippen LogP contribution in [0.15, 0.2) is 32.9 Å². The third kappa shape index (κ3) is 4.13. The van der Waals surface area contributed by atoms with Gasteiger partial charge in [-0.25, -0.2) is 0 Å². The second-order valence-corrected chi connectivity index (χ2v) is 10.4. The zero-order chi connectivity index (χ0) is 20.6. The van der Waals surface area contributed by atoms with Crippen molar-refractivity contribution >= 4 is 60.5 Å². The molecule has 3 aromatic rings. The highest BCUT2D eigenvalue weighted by atomic mass is 35.5. The topological polar surface area (TPSA) is 96.2 Å². The minimum Gasteiger partial charge on any atom is -0.486 e. The summed E-state index contributed by atoms with van der Waals surface area (Å²) in [6.45, 7) is 2.56. The molecule has 0 bridgehead atoms. The van der Waals surface area contributed by atoms with Gasteiger partial charge in [-0.3, -0.25) is 4.79 Å². The lowest BCUT2D eigenvalue weighted by molar-refractivity contribution is -0.143. The molecule has 0 unspecified atom stereocenters. The van der Waals surface area contributed by atoms with E-state index in [4.69, 9.17) is 25.8 Å². The average molecular weight is 475 g/mol. The zero-order valence-electron chi connectivity index (χ0n) is 15.1. The van der Waals surface area contributed by atoms with Crippen LogP contribution in [0.1, 0.15) is 6.92 Å². The predicted octanol–water partition coefficient (Wildman–Crippen LogP) is 3.04. The van der Waals surface area contributed by atoms with E-state index in [1.165, 1.54) is 16.7 Å². The second kappa shape index (κ2) is 7.98. The molecule has 29 heavy (non-hydrogen) atoms. The van der Waals surface area contributed by atoms with Crippen LogP contribution in [0.2, 0.25) is 4.34 Å². The maximum Gasteiger partial charge on any atom is 0.326 e. The fourth-order valence-electron chi connectivity index (χ4n) is 2.75. The van der Waals surface area contributed by atoms with Crippen molar-refractivity contribution in [3.8, 4) is 11.5 Å². The summed E-state index contributed by atoms with van der Waals surface area (Å²) in [6, 6.07) is 6.36. The molecule has 0 radical (unpaired) electrons. The first-order valence-corrected chi connectivity index (χ1v) is 12.0. The van der Waals surface area contributed by atoms with Crippen molar-refractivity contribution in [3.63, 3.8) is 0 Å². The summed E-state index contributed by atoms with van der Waals surface area (Å²) in [5, 5.41) is 0. The third-order valence-electron chi connectivity index (χ3n) is 3.94. The van der Waals surface area contributed by atoms with E-state index in [2.05, 4.69) is 4.40 Å². The van der Waals surface area contributed by atoms with Gasteiger partial charge in [0.15, 0.2) is 11.5 Å². The summed E-state index contributed by atoms with van der Waals surface area (Å²) in [5.74, 6) is 0.589. The largest absolute Gasteiger partial charge is 0.486 e. The maximum absolute atomic E-state index is 12.7. The molecule has 0 N–H and O–H groups in total. The summed E-state index contributed by atoms with van der Waals surface area (Å²) < 4.78 is 48.2. The zero-order valence-corrected chi connectivity index (χ0v) is 18.3. The number of thiazole rings is 1. The van der Waals surface area contributed by atoms with Crippen LogP contribution in [-0.4, -0.2) is 38.8 Å². The van der Waals surface area contributed by atoms with Crippen LogP contribution < -0.4 is 14.3 Å². The number of sulfonamides is 1. The Balaban J connectivity index is 1.90. The Hall–Kier alpha value is -2.08. The Bertz CT molecular complexity index is 1260. The highest BCUT2D eigenvalue weighted by molar-refractivity contribution is 7.92. The number of fused-ring (bicyclic) bond motifs is 2. The smallest absolute Gasteiger partial charge is 0.326 e. The van der Waals surface area contributed by atoms with E-state index in [-0.39, 0.29) is 22.2 Å². The molecule has 0 atom stereocenters. The monoisotopic (exact) mass is 474 g/mol. The fourth-order valence-corrected chi connectivity index (χ4v) is 6.45. The fraction of sp³-hybridized carbons (Fsp3) is 0.294. The van der Waals surface area contributed by atoms with Crippen molar-refractivity contribution in [2.45, 2.75) is 17.7 Å². The van der Waals surface area contributed by atoms with Crippen LogP contribution >= 0.6 is 34.3 Å². The Morgan fingerprint density at radius 2 is 1.97 bits per heavy atom. The number of ether oxygens (including phenoxy) is 3. The van der Waals surface area contributed by atoms with Crippen molar-refractivity contribution in [1.82, 2.24) is 4.57 Å². The molecule has 0 saturated carbocycles. The van der Waals surface area contributed by atoms with Crippen molar-refractivity contribution in [1.29, 1.82) is 0 Å². The van der Waals surface area contributed by atoms with Gasteiger partial charge in [0.25, 0.3) is 10.0 Å². The normalized spacial score (nSPS) is 14.3. The van der Waals surface area contributed by atoms with Gasteiger partial charge in [-0.1, -0.05) is 22.9 Å².